The van der Waals surface area contributed by atoms with Crippen molar-refractivity contribution < 1.29 is 17.5 Å². The van der Waals surface area contributed by atoms with Crippen LogP contribution < -0.4 is 0 Å². The van der Waals surface area contributed by atoms with Crippen LogP contribution in [0, 0.1) is 0 Å². The van der Waals surface area contributed by atoms with Crippen molar-refractivity contribution in [3.05, 3.63) is 12.4 Å². The van der Waals surface area contributed by atoms with Gasteiger partial charge in [0, 0.05) is 7.05 Å². The first-order valence-electron chi connectivity index (χ1n) is 5.07. The molecule has 0 saturated heterocycles. The molecule has 1 N–H and O–H groups in total. The van der Waals surface area contributed by atoms with E-state index in [1.165, 1.54) is 0 Å². The summed E-state index contributed by atoms with van der Waals surface area (Å²) in [7, 11) is -2.03. The largest absolute Gasteiger partial charge is 0.329 e. The monoisotopic (exact) mass is 235 g/mol. The summed E-state index contributed by atoms with van der Waals surface area (Å²) in [5.74, 6) is -0.228. The number of hydrogen-bond donors (Lipinski definition) is 1. The first-order chi connectivity index (χ1) is 6.87. The number of quaternary nitrogens is 1. The minimum absolute atomic E-state index is 0.228. The lowest BCUT2D eigenvalue weighted by atomic mass is 10.3. The van der Waals surface area contributed by atoms with Crippen molar-refractivity contribution >= 4 is 10.1 Å². The Hall–Kier alpha value is -0.590. The second-order valence-electron chi connectivity index (χ2n) is 4.20. The quantitative estimate of drug-likeness (QED) is 0.566. The van der Waals surface area contributed by atoms with Gasteiger partial charge in [-0.25, -0.2) is 0 Å². The van der Waals surface area contributed by atoms with Gasteiger partial charge in [-0.1, -0.05) is 13.3 Å². The van der Waals surface area contributed by atoms with Gasteiger partial charge in [0.15, 0.2) is 6.67 Å². The molecule has 5 nitrogen and oxygen atoms in total. The van der Waals surface area contributed by atoms with E-state index in [1.807, 2.05) is 24.3 Å². The Kier molecular flexibility index (Phi) is 3.75. The van der Waals surface area contributed by atoms with Crippen molar-refractivity contribution in [3.8, 4) is 0 Å². The molecule has 0 aromatic heterocycles. The lowest BCUT2D eigenvalue weighted by Gasteiger charge is -2.30. The molecule has 1 heterocycles. The molecule has 6 heteroatoms. The molecule has 0 aliphatic carbocycles. The summed E-state index contributed by atoms with van der Waals surface area (Å²) in [6.45, 7) is 3.42. The normalized spacial score (nSPS) is 26.2. The molecule has 0 aromatic carbocycles. The second kappa shape index (κ2) is 4.51. The summed E-state index contributed by atoms with van der Waals surface area (Å²) < 4.78 is 31.1. The molecule has 0 amide bonds. The Morgan fingerprint density at radius 3 is 2.60 bits per heavy atom. The topological polar surface area (TPSA) is 57.6 Å². The van der Waals surface area contributed by atoms with Crippen molar-refractivity contribution in [2.24, 2.45) is 0 Å². The van der Waals surface area contributed by atoms with Crippen molar-refractivity contribution in [2.45, 2.75) is 19.8 Å². The van der Waals surface area contributed by atoms with Gasteiger partial charge in [0.2, 0.25) is 5.88 Å². The maximum Gasteiger partial charge on any atom is 0.316 e. The van der Waals surface area contributed by atoms with Crippen molar-refractivity contribution in [3.63, 3.8) is 0 Å². The van der Waals surface area contributed by atoms with Crippen LogP contribution in [0.5, 0.6) is 0 Å². The first-order valence-corrected chi connectivity index (χ1v) is 6.68. The van der Waals surface area contributed by atoms with E-state index in [2.05, 4.69) is 6.92 Å². The average Bonchev–Trinajstić information content (AvgIpc) is 2.41. The molecule has 0 radical (unpaired) electrons. The van der Waals surface area contributed by atoms with Crippen molar-refractivity contribution in [1.29, 1.82) is 0 Å². The molecule has 0 fully saturated rings. The standard InChI is InChI=1S/C9H18N2O3S/c1-3-4-6-11(9-15(12,13)14)7-5-10(2)8-11/h5,7H,3-4,6,8-9H2,1-2H3/p+1. The lowest BCUT2D eigenvalue weighted by molar-refractivity contribution is -0.869. The molecule has 0 bridgehead atoms. The van der Waals surface area contributed by atoms with Crippen LogP contribution in [0.2, 0.25) is 0 Å². The fourth-order valence-electron chi connectivity index (χ4n) is 1.89. The second-order valence-corrected chi connectivity index (χ2v) is 5.63. The van der Waals surface area contributed by atoms with Gasteiger partial charge in [-0.3, -0.25) is 9.04 Å². The van der Waals surface area contributed by atoms with Crippen LogP contribution in [0.1, 0.15) is 19.8 Å². The van der Waals surface area contributed by atoms with Gasteiger partial charge in [-0.05, 0) is 6.42 Å². The maximum absolute atomic E-state index is 10.9. The van der Waals surface area contributed by atoms with E-state index in [-0.39, 0.29) is 5.88 Å². The minimum atomic E-state index is -3.93. The number of rotatable bonds is 5. The van der Waals surface area contributed by atoms with Gasteiger partial charge in [0.1, 0.15) is 6.20 Å². The fourth-order valence-corrected chi connectivity index (χ4v) is 2.83. The fraction of sp³-hybridized carbons (Fsp3) is 0.778. The zero-order chi connectivity index (χ0) is 11.5. The summed E-state index contributed by atoms with van der Waals surface area (Å²) in [6.07, 6.45) is 5.68. The van der Waals surface area contributed by atoms with Gasteiger partial charge >= 0.3 is 10.1 Å². The summed E-state index contributed by atoms with van der Waals surface area (Å²) in [4.78, 5) is 1.93. The SMILES string of the molecule is CCCC[N+]1(CS(=O)(=O)O)C=CN(C)C1. The molecule has 1 aliphatic heterocycles. The van der Waals surface area contributed by atoms with Crippen LogP contribution in [0.15, 0.2) is 12.4 Å². The number of nitrogens with zero attached hydrogens (tertiary/aromatic N) is 2. The predicted octanol–water partition coefficient (Wildman–Crippen LogP) is 0.823. The minimum Gasteiger partial charge on any atom is -0.329 e. The Morgan fingerprint density at radius 2 is 2.20 bits per heavy atom. The Morgan fingerprint density at radius 1 is 1.53 bits per heavy atom. The van der Waals surface area contributed by atoms with Crippen LogP contribution in [0.3, 0.4) is 0 Å². The molecule has 1 rings (SSSR count). The van der Waals surface area contributed by atoms with Crippen molar-refractivity contribution in [1.82, 2.24) is 4.90 Å². The van der Waals surface area contributed by atoms with E-state index in [9.17, 15) is 8.42 Å². The Balaban J connectivity index is 2.75. The van der Waals surface area contributed by atoms with Gasteiger partial charge in [0.25, 0.3) is 0 Å². The molecule has 88 valence electrons. The molecule has 1 unspecified atom stereocenters. The lowest BCUT2D eigenvalue weighted by Crippen LogP contribution is -2.48. The van der Waals surface area contributed by atoms with Crippen molar-refractivity contribution in [2.75, 3.05) is 26.1 Å². The molecule has 15 heavy (non-hydrogen) atoms. The molecular formula is C9H19N2O3S+. The van der Waals surface area contributed by atoms with E-state index >= 15 is 0 Å². The molecular weight excluding hydrogens is 216 g/mol. The van der Waals surface area contributed by atoms with E-state index in [1.54, 1.807) is 0 Å². The van der Waals surface area contributed by atoms with Crippen LogP contribution in [-0.2, 0) is 10.1 Å². The molecule has 0 spiro atoms. The van der Waals surface area contributed by atoms with E-state index in [0.717, 1.165) is 19.4 Å². The van der Waals surface area contributed by atoms with E-state index in [4.69, 9.17) is 4.55 Å². The van der Waals surface area contributed by atoms with Gasteiger partial charge < -0.3 is 4.90 Å². The van der Waals surface area contributed by atoms with E-state index in [0.29, 0.717) is 11.2 Å². The van der Waals surface area contributed by atoms with E-state index < -0.39 is 10.1 Å². The third kappa shape index (κ3) is 3.81. The molecule has 1 atom stereocenters. The number of hydrogen-bond acceptors (Lipinski definition) is 3. The number of unbranched alkanes of at least 4 members (excludes halogenated alkanes) is 1. The highest BCUT2D eigenvalue weighted by atomic mass is 32.2. The summed E-state index contributed by atoms with van der Waals surface area (Å²) >= 11 is 0. The first kappa shape index (κ1) is 12.5. The van der Waals surface area contributed by atoms with Crippen LogP contribution in [-0.4, -0.2) is 48.5 Å². The highest BCUT2D eigenvalue weighted by Gasteiger charge is 2.34. The van der Waals surface area contributed by atoms with Gasteiger partial charge in [-0.2, -0.15) is 8.42 Å². The molecule has 0 aromatic rings. The molecule has 1 aliphatic rings. The zero-order valence-corrected chi connectivity index (χ0v) is 10.1. The smallest absolute Gasteiger partial charge is 0.316 e. The zero-order valence-electron chi connectivity index (χ0n) is 9.26. The summed E-state index contributed by atoms with van der Waals surface area (Å²) in [5.41, 5.74) is 0. The predicted molar refractivity (Wildman–Crippen MR) is 58.2 cm³/mol. The van der Waals surface area contributed by atoms with Crippen LogP contribution >= 0.6 is 0 Å². The maximum atomic E-state index is 10.9. The third-order valence-corrected chi connectivity index (χ3v) is 3.36. The highest BCUT2D eigenvalue weighted by Crippen LogP contribution is 2.19. The Labute approximate surface area is 91.3 Å². The van der Waals surface area contributed by atoms with Gasteiger partial charge in [-0.15, -0.1) is 0 Å². The third-order valence-electron chi connectivity index (χ3n) is 2.52. The van der Waals surface area contributed by atoms with Crippen LogP contribution in [0.4, 0.5) is 0 Å². The summed E-state index contributed by atoms with van der Waals surface area (Å²) in [5, 5.41) is 0. The summed E-state index contributed by atoms with van der Waals surface area (Å²) in [6, 6.07) is 0. The van der Waals surface area contributed by atoms with Crippen LogP contribution in [0.25, 0.3) is 0 Å². The van der Waals surface area contributed by atoms with Gasteiger partial charge in [0.05, 0.1) is 12.7 Å². The highest BCUT2D eigenvalue weighted by molar-refractivity contribution is 7.85. The average molecular weight is 235 g/mol. The molecule has 0 saturated carbocycles. The Bertz CT molecular complexity index is 339.